The molecule has 0 unspecified atom stereocenters. The lowest BCUT2D eigenvalue weighted by molar-refractivity contribution is 1.21. The summed E-state index contributed by atoms with van der Waals surface area (Å²) in [6.07, 6.45) is 3.72. The van der Waals surface area contributed by atoms with Gasteiger partial charge < -0.3 is 0 Å². The summed E-state index contributed by atoms with van der Waals surface area (Å²) in [6.45, 7) is 0. The standard InChI is InChI=1S/C48H28N2/c1-2-9-29(10-3-1)43-27-49-28-44(50-43)38-24-23-35(36-14-4-5-15-37(36)38)34-25-33-22-21-32-12-7-17-40-39-16-6-11-30-19-20-31-13-8-18-41(47(31)45(30)39)42(26-34)48(33)46(32)40/h1-28H. The Balaban J connectivity index is 1.24. The lowest BCUT2D eigenvalue weighted by Crippen LogP contribution is -1.93. The molecule has 0 saturated heterocycles. The lowest BCUT2D eigenvalue weighted by Gasteiger charge is -2.18. The van der Waals surface area contributed by atoms with Crippen molar-refractivity contribution in [1.82, 2.24) is 9.97 Å². The van der Waals surface area contributed by atoms with Crippen molar-refractivity contribution >= 4 is 75.4 Å². The van der Waals surface area contributed by atoms with Crippen LogP contribution in [0.1, 0.15) is 0 Å². The van der Waals surface area contributed by atoms with E-state index in [9.17, 15) is 0 Å². The van der Waals surface area contributed by atoms with Gasteiger partial charge in [0, 0.05) is 11.1 Å². The molecule has 0 spiro atoms. The van der Waals surface area contributed by atoms with E-state index in [1.807, 2.05) is 30.6 Å². The van der Waals surface area contributed by atoms with Crippen molar-refractivity contribution < 1.29 is 0 Å². The maximum absolute atomic E-state index is 5.09. The number of fused-ring (bicyclic) bond motifs is 3. The van der Waals surface area contributed by atoms with Crippen LogP contribution in [0, 0.1) is 0 Å². The van der Waals surface area contributed by atoms with Gasteiger partial charge in [-0.2, -0.15) is 0 Å². The first kappa shape index (κ1) is 27.3. The average molecular weight is 633 g/mol. The summed E-state index contributed by atoms with van der Waals surface area (Å²) in [5.41, 5.74) is 6.28. The molecule has 11 aromatic rings. The summed E-state index contributed by atoms with van der Waals surface area (Å²) in [4.78, 5) is 9.70. The molecule has 2 nitrogen and oxygen atoms in total. The summed E-state index contributed by atoms with van der Waals surface area (Å²) >= 11 is 0. The molecule has 0 aliphatic heterocycles. The number of benzene rings is 9. The normalized spacial score (nSPS) is 12.0. The van der Waals surface area contributed by atoms with Crippen molar-refractivity contribution in [3.63, 3.8) is 0 Å². The SMILES string of the molecule is c1ccc(-c2cncc(-c3ccc(-c4cc5ccc6cccc7c8cccc9ccc%10cccc(c(c4)c5c67)c%10c98)c4ccccc34)n2)cc1. The minimum absolute atomic E-state index is 0.868. The highest BCUT2D eigenvalue weighted by atomic mass is 14.8. The largest absolute Gasteiger partial charge is 0.260 e. The van der Waals surface area contributed by atoms with Crippen LogP contribution in [0.25, 0.3) is 109 Å². The second kappa shape index (κ2) is 10.4. The van der Waals surface area contributed by atoms with Gasteiger partial charge in [-0.15, -0.1) is 0 Å². The second-order valence-corrected chi connectivity index (χ2v) is 13.3. The molecular formula is C48H28N2. The van der Waals surface area contributed by atoms with E-state index >= 15 is 0 Å². The Hall–Kier alpha value is -6.64. The first-order chi connectivity index (χ1) is 24.8. The van der Waals surface area contributed by atoms with Crippen LogP contribution in [0.4, 0.5) is 0 Å². The van der Waals surface area contributed by atoms with Crippen LogP contribution in [-0.4, -0.2) is 9.97 Å². The molecule has 11 rings (SSSR count). The topological polar surface area (TPSA) is 25.8 Å². The number of aromatic nitrogens is 2. The Morgan fingerprint density at radius 1 is 0.300 bits per heavy atom. The van der Waals surface area contributed by atoms with E-state index in [1.54, 1.807) is 0 Å². The zero-order valence-corrected chi connectivity index (χ0v) is 27.1. The molecule has 0 fully saturated rings. The van der Waals surface area contributed by atoms with Gasteiger partial charge in [0.05, 0.1) is 23.8 Å². The lowest BCUT2D eigenvalue weighted by atomic mass is 9.86. The van der Waals surface area contributed by atoms with E-state index in [4.69, 9.17) is 4.98 Å². The first-order valence-electron chi connectivity index (χ1n) is 17.1. The molecule has 1 heterocycles. The molecule has 0 aliphatic carbocycles. The van der Waals surface area contributed by atoms with Crippen molar-refractivity contribution in [2.24, 2.45) is 0 Å². The van der Waals surface area contributed by atoms with Crippen molar-refractivity contribution in [1.29, 1.82) is 0 Å². The van der Waals surface area contributed by atoms with Crippen LogP contribution in [-0.2, 0) is 0 Å². The summed E-state index contributed by atoms with van der Waals surface area (Å²) in [7, 11) is 0. The molecule has 0 N–H and O–H groups in total. The highest BCUT2D eigenvalue weighted by Gasteiger charge is 2.18. The first-order valence-corrected chi connectivity index (χ1v) is 17.1. The van der Waals surface area contributed by atoms with Crippen LogP contribution in [0.15, 0.2) is 170 Å². The molecule has 0 amide bonds. The van der Waals surface area contributed by atoms with Gasteiger partial charge in [-0.3, -0.25) is 4.98 Å². The van der Waals surface area contributed by atoms with Gasteiger partial charge in [-0.25, -0.2) is 4.98 Å². The average Bonchev–Trinajstić information content (AvgIpc) is 3.19. The van der Waals surface area contributed by atoms with Crippen LogP contribution in [0.2, 0.25) is 0 Å². The second-order valence-electron chi connectivity index (χ2n) is 13.3. The van der Waals surface area contributed by atoms with E-state index in [2.05, 4.69) is 145 Å². The summed E-state index contributed by atoms with van der Waals surface area (Å²) < 4.78 is 0. The predicted octanol–water partition coefficient (Wildman–Crippen LogP) is 13.0. The summed E-state index contributed by atoms with van der Waals surface area (Å²) in [6, 6.07) is 57.8. The Bertz CT molecular complexity index is 3140. The van der Waals surface area contributed by atoms with Gasteiger partial charge in [-0.05, 0) is 98.7 Å². The van der Waals surface area contributed by atoms with Crippen molar-refractivity contribution in [3.8, 4) is 33.6 Å². The summed E-state index contributed by atoms with van der Waals surface area (Å²) in [5, 5.41) is 17.8. The number of hydrogen-bond donors (Lipinski definition) is 0. The smallest absolute Gasteiger partial charge is 0.0898 e. The highest BCUT2D eigenvalue weighted by Crippen LogP contribution is 2.45. The van der Waals surface area contributed by atoms with E-state index in [0.29, 0.717) is 0 Å². The molecule has 10 aromatic carbocycles. The van der Waals surface area contributed by atoms with Crippen molar-refractivity contribution in [2.75, 3.05) is 0 Å². The zero-order chi connectivity index (χ0) is 32.8. The van der Waals surface area contributed by atoms with E-state index in [-0.39, 0.29) is 0 Å². The molecular weight excluding hydrogens is 605 g/mol. The minimum atomic E-state index is 0.868. The third kappa shape index (κ3) is 3.90. The van der Waals surface area contributed by atoms with Gasteiger partial charge in [-0.1, -0.05) is 146 Å². The zero-order valence-electron chi connectivity index (χ0n) is 27.1. The fourth-order valence-corrected chi connectivity index (χ4v) is 8.46. The Kier molecular flexibility index (Phi) is 5.70. The Labute approximate surface area is 288 Å². The van der Waals surface area contributed by atoms with Gasteiger partial charge in [0.25, 0.3) is 0 Å². The number of rotatable bonds is 3. The molecule has 0 bridgehead atoms. The van der Waals surface area contributed by atoms with Crippen LogP contribution in [0.3, 0.4) is 0 Å². The molecule has 50 heavy (non-hydrogen) atoms. The Morgan fingerprint density at radius 2 is 0.800 bits per heavy atom. The maximum atomic E-state index is 5.09. The monoisotopic (exact) mass is 632 g/mol. The van der Waals surface area contributed by atoms with Gasteiger partial charge in [0.2, 0.25) is 0 Å². The third-order valence-electron chi connectivity index (χ3n) is 10.6. The molecule has 0 saturated carbocycles. The fraction of sp³-hybridized carbons (Fsp3) is 0. The molecule has 0 aliphatic rings. The fourth-order valence-electron chi connectivity index (χ4n) is 8.46. The molecule has 1 aromatic heterocycles. The van der Waals surface area contributed by atoms with E-state index in [0.717, 1.165) is 27.9 Å². The van der Waals surface area contributed by atoms with Crippen LogP contribution >= 0.6 is 0 Å². The predicted molar refractivity (Wildman–Crippen MR) is 212 cm³/mol. The quantitative estimate of drug-likeness (QED) is 0.181. The molecule has 230 valence electrons. The van der Waals surface area contributed by atoms with Crippen molar-refractivity contribution in [2.45, 2.75) is 0 Å². The van der Waals surface area contributed by atoms with Crippen LogP contribution < -0.4 is 0 Å². The highest BCUT2D eigenvalue weighted by molar-refractivity contribution is 6.37. The third-order valence-corrected chi connectivity index (χ3v) is 10.6. The summed E-state index contributed by atoms with van der Waals surface area (Å²) in [5.74, 6) is 0. The minimum Gasteiger partial charge on any atom is -0.260 e. The van der Waals surface area contributed by atoms with E-state index in [1.165, 1.54) is 81.1 Å². The maximum Gasteiger partial charge on any atom is 0.0898 e. The van der Waals surface area contributed by atoms with Crippen molar-refractivity contribution in [3.05, 3.63) is 170 Å². The van der Waals surface area contributed by atoms with Gasteiger partial charge in [0.1, 0.15) is 0 Å². The van der Waals surface area contributed by atoms with E-state index < -0.39 is 0 Å². The number of nitrogens with zero attached hydrogens (tertiary/aromatic N) is 2. The molecule has 2 heteroatoms. The molecule has 0 radical (unpaired) electrons. The van der Waals surface area contributed by atoms with Gasteiger partial charge >= 0.3 is 0 Å². The van der Waals surface area contributed by atoms with Gasteiger partial charge in [0.15, 0.2) is 0 Å². The van der Waals surface area contributed by atoms with Crippen LogP contribution in [0.5, 0.6) is 0 Å². The Morgan fingerprint density at radius 3 is 1.46 bits per heavy atom. The number of hydrogen-bond acceptors (Lipinski definition) is 2. The molecule has 0 atom stereocenters.